The first-order chi connectivity index (χ1) is 11.9. The molecule has 1 amide bonds. The first kappa shape index (κ1) is 18.0. The van der Waals surface area contributed by atoms with Crippen LogP contribution >= 0.6 is 22.6 Å². The molecule has 3 rings (SSSR count). The molecular weight excluding hydrogens is 444 g/mol. The average Bonchev–Trinajstić information content (AvgIpc) is 2.61. The number of piperazine rings is 1. The van der Waals surface area contributed by atoms with Gasteiger partial charge in [-0.3, -0.25) is 4.79 Å². The summed E-state index contributed by atoms with van der Waals surface area (Å²) in [4.78, 5) is 16.2. The number of nitrogens with zero attached hydrogens (tertiary/aromatic N) is 2. The molecule has 2 aromatic carbocycles. The van der Waals surface area contributed by atoms with Gasteiger partial charge in [0.2, 0.25) is 0 Å². The summed E-state index contributed by atoms with van der Waals surface area (Å²) in [5.41, 5.74) is 0.550. The van der Waals surface area contributed by atoms with Crippen molar-refractivity contribution in [3.63, 3.8) is 0 Å². The summed E-state index contributed by atoms with van der Waals surface area (Å²) in [6.45, 7) is 1.99. The van der Waals surface area contributed by atoms with Gasteiger partial charge < -0.3 is 9.80 Å². The second kappa shape index (κ2) is 7.23. The van der Waals surface area contributed by atoms with Crippen LogP contribution in [-0.2, 0) is 6.18 Å². The number of halogens is 4. The molecule has 0 spiro atoms. The van der Waals surface area contributed by atoms with E-state index in [4.69, 9.17) is 0 Å². The van der Waals surface area contributed by atoms with Crippen LogP contribution in [0.25, 0.3) is 0 Å². The minimum Gasteiger partial charge on any atom is -0.368 e. The lowest BCUT2D eigenvalue weighted by atomic mass is 10.1. The highest BCUT2D eigenvalue weighted by Gasteiger charge is 2.31. The number of hydrogen-bond donors (Lipinski definition) is 0. The molecule has 0 atom stereocenters. The van der Waals surface area contributed by atoms with Crippen LogP contribution in [-0.4, -0.2) is 37.0 Å². The molecule has 1 heterocycles. The third-order valence-electron chi connectivity index (χ3n) is 4.21. The Morgan fingerprint density at radius 2 is 1.64 bits per heavy atom. The molecule has 132 valence electrons. The summed E-state index contributed by atoms with van der Waals surface area (Å²) in [6, 6.07) is 12.7. The van der Waals surface area contributed by atoms with Gasteiger partial charge in [0.1, 0.15) is 0 Å². The van der Waals surface area contributed by atoms with E-state index >= 15 is 0 Å². The van der Waals surface area contributed by atoms with Crippen molar-refractivity contribution >= 4 is 34.2 Å². The van der Waals surface area contributed by atoms with Crippen molar-refractivity contribution in [1.29, 1.82) is 0 Å². The Bertz CT molecular complexity index is 771. The average molecular weight is 460 g/mol. The number of hydrogen-bond acceptors (Lipinski definition) is 2. The maximum atomic E-state index is 12.9. The van der Waals surface area contributed by atoms with Gasteiger partial charge in [-0.25, -0.2) is 0 Å². The van der Waals surface area contributed by atoms with Crippen LogP contribution in [0, 0.1) is 3.57 Å². The van der Waals surface area contributed by atoms with Gasteiger partial charge in [-0.05, 0) is 52.9 Å². The number of carbonyl (C=O) groups is 1. The third kappa shape index (κ3) is 4.08. The van der Waals surface area contributed by atoms with Crippen LogP contribution in [0.4, 0.5) is 18.9 Å². The predicted octanol–water partition coefficient (Wildman–Crippen LogP) is 4.27. The van der Waals surface area contributed by atoms with Gasteiger partial charge in [-0.2, -0.15) is 13.2 Å². The van der Waals surface area contributed by atoms with Crippen molar-refractivity contribution in [3.05, 3.63) is 63.2 Å². The zero-order valence-corrected chi connectivity index (χ0v) is 15.4. The van der Waals surface area contributed by atoms with Crippen LogP contribution in [0.15, 0.2) is 48.5 Å². The van der Waals surface area contributed by atoms with Crippen molar-refractivity contribution < 1.29 is 18.0 Å². The second-order valence-electron chi connectivity index (χ2n) is 5.81. The summed E-state index contributed by atoms with van der Waals surface area (Å²) >= 11 is 2.13. The summed E-state index contributed by atoms with van der Waals surface area (Å²) < 4.78 is 39.5. The predicted molar refractivity (Wildman–Crippen MR) is 98.7 cm³/mol. The summed E-state index contributed by atoms with van der Waals surface area (Å²) in [5.74, 6) is -0.0336. The lowest BCUT2D eigenvalue weighted by Gasteiger charge is -2.36. The zero-order valence-electron chi connectivity index (χ0n) is 13.3. The number of amides is 1. The SMILES string of the molecule is O=C(c1ccccc1I)N1CCN(c2cccc(C(F)(F)F)c2)CC1. The van der Waals surface area contributed by atoms with E-state index < -0.39 is 11.7 Å². The molecule has 0 bridgehead atoms. The number of carbonyl (C=O) groups excluding carboxylic acids is 1. The van der Waals surface area contributed by atoms with E-state index in [1.54, 1.807) is 17.0 Å². The minimum atomic E-state index is -4.35. The fourth-order valence-corrected chi connectivity index (χ4v) is 3.47. The molecule has 1 fully saturated rings. The van der Waals surface area contributed by atoms with Crippen molar-refractivity contribution in [3.8, 4) is 0 Å². The van der Waals surface area contributed by atoms with Crippen molar-refractivity contribution in [1.82, 2.24) is 4.90 Å². The smallest absolute Gasteiger partial charge is 0.368 e. The first-order valence-electron chi connectivity index (χ1n) is 7.82. The van der Waals surface area contributed by atoms with E-state index in [0.717, 1.165) is 15.7 Å². The monoisotopic (exact) mass is 460 g/mol. The van der Waals surface area contributed by atoms with Gasteiger partial charge in [-0.1, -0.05) is 18.2 Å². The number of anilines is 1. The molecule has 0 saturated carbocycles. The van der Waals surface area contributed by atoms with Gasteiger partial charge in [-0.15, -0.1) is 0 Å². The fourth-order valence-electron chi connectivity index (χ4n) is 2.85. The molecule has 0 N–H and O–H groups in total. The molecular formula is C18H16F3IN2O. The Balaban J connectivity index is 1.68. The van der Waals surface area contributed by atoms with Crippen LogP contribution in [0.1, 0.15) is 15.9 Å². The third-order valence-corrected chi connectivity index (χ3v) is 5.15. The topological polar surface area (TPSA) is 23.6 Å². The normalized spacial score (nSPS) is 15.4. The molecule has 1 saturated heterocycles. The van der Waals surface area contributed by atoms with Gasteiger partial charge in [0.05, 0.1) is 11.1 Å². The largest absolute Gasteiger partial charge is 0.416 e. The van der Waals surface area contributed by atoms with E-state index in [2.05, 4.69) is 22.6 Å². The summed E-state index contributed by atoms with van der Waals surface area (Å²) in [7, 11) is 0. The Labute approximate surface area is 157 Å². The van der Waals surface area contributed by atoms with E-state index in [9.17, 15) is 18.0 Å². The van der Waals surface area contributed by atoms with Crippen molar-refractivity contribution in [2.45, 2.75) is 6.18 Å². The standard InChI is InChI=1S/C18H16F3IN2O/c19-18(20,21)13-4-3-5-14(12-13)23-8-10-24(11-9-23)17(25)15-6-1-2-7-16(15)22/h1-7,12H,8-11H2. The zero-order chi connectivity index (χ0) is 18.0. The highest BCUT2D eigenvalue weighted by molar-refractivity contribution is 14.1. The highest BCUT2D eigenvalue weighted by Crippen LogP contribution is 2.32. The number of alkyl halides is 3. The lowest BCUT2D eigenvalue weighted by molar-refractivity contribution is -0.137. The lowest BCUT2D eigenvalue weighted by Crippen LogP contribution is -2.49. The maximum Gasteiger partial charge on any atom is 0.416 e. The van der Waals surface area contributed by atoms with Crippen molar-refractivity contribution in [2.24, 2.45) is 0 Å². The molecule has 3 nitrogen and oxygen atoms in total. The summed E-state index contributed by atoms with van der Waals surface area (Å²) in [5, 5.41) is 0. The van der Waals surface area contributed by atoms with Crippen LogP contribution in [0.5, 0.6) is 0 Å². The Hall–Kier alpha value is -1.77. The fraction of sp³-hybridized carbons (Fsp3) is 0.278. The van der Waals surface area contributed by atoms with E-state index in [-0.39, 0.29) is 5.91 Å². The molecule has 0 aliphatic carbocycles. The molecule has 7 heteroatoms. The Morgan fingerprint density at radius 1 is 0.960 bits per heavy atom. The van der Waals surface area contributed by atoms with Crippen LogP contribution in [0.2, 0.25) is 0 Å². The summed E-state index contributed by atoms with van der Waals surface area (Å²) in [6.07, 6.45) is -4.35. The molecule has 1 aliphatic heterocycles. The molecule has 0 unspecified atom stereocenters. The van der Waals surface area contributed by atoms with Gasteiger partial charge in [0, 0.05) is 35.4 Å². The molecule has 2 aromatic rings. The van der Waals surface area contributed by atoms with Crippen molar-refractivity contribution in [2.75, 3.05) is 31.1 Å². The number of rotatable bonds is 2. The first-order valence-corrected chi connectivity index (χ1v) is 8.90. The van der Waals surface area contributed by atoms with E-state index in [1.807, 2.05) is 23.1 Å². The quantitative estimate of drug-likeness (QED) is 0.626. The number of benzene rings is 2. The second-order valence-corrected chi connectivity index (χ2v) is 6.97. The molecule has 25 heavy (non-hydrogen) atoms. The Kier molecular flexibility index (Phi) is 5.21. The van der Waals surface area contributed by atoms with E-state index in [0.29, 0.717) is 37.4 Å². The maximum absolute atomic E-state index is 12.9. The van der Waals surface area contributed by atoms with Crippen LogP contribution < -0.4 is 4.90 Å². The molecule has 0 radical (unpaired) electrons. The van der Waals surface area contributed by atoms with E-state index in [1.165, 1.54) is 6.07 Å². The van der Waals surface area contributed by atoms with Crippen LogP contribution in [0.3, 0.4) is 0 Å². The molecule has 1 aliphatic rings. The van der Waals surface area contributed by atoms with Gasteiger partial charge in [0.25, 0.3) is 5.91 Å². The van der Waals surface area contributed by atoms with Gasteiger partial charge in [0.15, 0.2) is 0 Å². The highest BCUT2D eigenvalue weighted by atomic mass is 127. The van der Waals surface area contributed by atoms with Gasteiger partial charge >= 0.3 is 6.18 Å². The Morgan fingerprint density at radius 3 is 2.28 bits per heavy atom. The minimum absolute atomic E-state index is 0.0336. The molecule has 0 aromatic heterocycles.